The number of carbonyl (C=O) groups is 3. The average molecular weight is 384 g/mol. The van der Waals surface area contributed by atoms with Gasteiger partial charge in [0.15, 0.2) is 0 Å². The average Bonchev–Trinajstić information content (AvgIpc) is 2.72. The molecule has 0 saturated heterocycles. The molecule has 0 saturated carbocycles. The Morgan fingerprint density at radius 1 is 1.11 bits per heavy atom. The summed E-state index contributed by atoms with van der Waals surface area (Å²) in [6, 6.07) is 12.9. The summed E-state index contributed by atoms with van der Waals surface area (Å²) in [5.41, 5.74) is -0.0684. The predicted molar refractivity (Wildman–Crippen MR) is 99.9 cm³/mol. The zero-order chi connectivity index (χ0) is 20.1. The molecule has 8 nitrogen and oxygen atoms in total. The van der Waals surface area contributed by atoms with Crippen LogP contribution in [0.1, 0.15) is 22.3 Å². The van der Waals surface area contributed by atoms with Crippen molar-refractivity contribution in [1.82, 2.24) is 5.32 Å². The summed E-state index contributed by atoms with van der Waals surface area (Å²) in [6.45, 7) is 0.184. The molecule has 0 fully saturated rings. The molecule has 8 heteroatoms. The highest BCUT2D eigenvalue weighted by Gasteiger charge is 2.36. The number of amides is 2. The summed E-state index contributed by atoms with van der Waals surface area (Å²) >= 11 is 0. The molecule has 3 N–H and O–H groups in total. The SMILES string of the molecule is COC(=O)c1ccc(NC(=O)C(=O)NC[C@]2(O)CCOc3ccccc32)cc1. The van der Waals surface area contributed by atoms with E-state index < -0.39 is 23.4 Å². The monoisotopic (exact) mass is 384 g/mol. The van der Waals surface area contributed by atoms with Crippen LogP contribution >= 0.6 is 0 Å². The Hall–Kier alpha value is -3.39. The molecule has 1 atom stereocenters. The van der Waals surface area contributed by atoms with E-state index in [1.807, 2.05) is 0 Å². The van der Waals surface area contributed by atoms with Gasteiger partial charge < -0.3 is 25.2 Å². The van der Waals surface area contributed by atoms with Crippen molar-refractivity contribution in [2.24, 2.45) is 0 Å². The van der Waals surface area contributed by atoms with E-state index in [1.165, 1.54) is 31.4 Å². The Morgan fingerprint density at radius 3 is 2.54 bits per heavy atom. The van der Waals surface area contributed by atoms with Crippen LogP contribution in [-0.4, -0.2) is 43.2 Å². The molecule has 1 heterocycles. The number of rotatable bonds is 4. The number of para-hydroxylation sites is 1. The van der Waals surface area contributed by atoms with E-state index in [0.29, 0.717) is 35.6 Å². The van der Waals surface area contributed by atoms with Gasteiger partial charge in [-0.3, -0.25) is 9.59 Å². The molecule has 0 spiro atoms. The molecule has 2 aromatic rings. The Balaban J connectivity index is 1.59. The van der Waals surface area contributed by atoms with Crippen LogP contribution in [-0.2, 0) is 19.9 Å². The second-order valence-electron chi connectivity index (χ2n) is 6.33. The van der Waals surface area contributed by atoms with Crippen LogP contribution in [0.15, 0.2) is 48.5 Å². The minimum atomic E-state index is -1.31. The number of anilines is 1. The molecule has 0 bridgehead atoms. The summed E-state index contributed by atoms with van der Waals surface area (Å²) in [6.07, 6.45) is 0.293. The van der Waals surface area contributed by atoms with Gasteiger partial charge in [-0.05, 0) is 30.3 Å². The van der Waals surface area contributed by atoms with Crippen LogP contribution in [0.2, 0.25) is 0 Å². The molecular formula is C20H20N2O6. The Kier molecular flexibility index (Phi) is 5.60. The molecule has 2 amide bonds. The zero-order valence-corrected chi connectivity index (χ0v) is 15.2. The first kappa shape index (κ1) is 19.4. The van der Waals surface area contributed by atoms with Crippen LogP contribution in [0.5, 0.6) is 5.75 Å². The number of ether oxygens (including phenoxy) is 2. The number of hydrogen-bond acceptors (Lipinski definition) is 6. The lowest BCUT2D eigenvalue weighted by Gasteiger charge is -2.34. The molecule has 146 valence electrons. The normalized spacial score (nSPS) is 17.6. The van der Waals surface area contributed by atoms with Crippen LogP contribution in [0.4, 0.5) is 5.69 Å². The minimum absolute atomic E-state index is 0.124. The first-order valence-corrected chi connectivity index (χ1v) is 8.65. The van der Waals surface area contributed by atoms with Gasteiger partial charge in [0.1, 0.15) is 11.4 Å². The fourth-order valence-corrected chi connectivity index (χ4v) is 2.93. The Labute approximate surface area is 161 Å². The molecule has 1 aliphatic rings. The molecule has 28 heavy (non-hydrogen) atoms. The van der Waals surface area contributed by atoms with Gasteiger partial charge in [-0.1, -0.05) is 18.2 Å². The summed E-state index contributed by atoms with van der Waals surface area (Å²) in [5.74, 6) is -1.70. The first-order valence-electron chi connectivity index (χ1n) is 8.65. The number of aliphatic hydroxyl groups is 1. The predicted octanol–water partition coefficient (Wildman–Crippen LogP) is 1.20. The van der Waals surface area contributed by atoms with E-state index in [2.05, 4.69) is 15.4 Å². The maximum absolute atomic E-state index is 12.1. The molecular weight excluding hydrogens is 364 g/mol. The fraction of sp³-hybridized carbons (Fsp3) is 0.250. The highest BCUT2D eigenvalue weighted by Crippen LogP contribution is 2.36. The van der Waals surface area contributed by atoms with Gasteiger partial charge in [-0.15, -0.1) is 0 Å². The van der Waals surface area contributed by atoms with E-state index >= 15 is 0 Å². The minimum Gasteiger partial charge on any atom is -0.493 e. The maximum atomic E-state index is 12.1. The molecule has 0 radical (unpaired) electrons. The molecule has 1 aliphatic heterocycles. The van der Waals surface area contributed by atoms with Crippen LogP contribution in [0.25, 0.3) is 0 Å². The highest BCUT2D eigenvalue weighted by molar-refractivity contribution is 6.39. The molecule has 0 aromatic heterocycles. The van der Waals surface area contributed by atoms with Crippen molar-refractivity contribution in [2.45, 2.75) is 12.0 Å². The van der Waals surface area contributed by atoms with Crippen molar-refractivity contribution >= 4 is 23.5 Å². The van der Waals surface area contributed by atoms with Crippen molar-refractivity contribution in [1.29, 1.82) is 0 Å². The third kappa shape index (κ3) is 4.12. The second kappa shape index (κ2) is 8.10. The largest absolute Gasteiger partial charge is 0.493 e. The van der Waals surface area contributed by atoms with E-state index in [1.54, 1.807) is 24.3 Å². The van der Waals surface area contributed by atoms with Crippen molar-refractivity contribution in [3.63, 3.8) is 0 Å². The lowest BCUT2D eigenvalue weighted by atomic mass is 9.88. The van der Waals surface area contributed by atoms with Crippen molar-refractivity contribution < 1.29 is 29.0 Å². The second-order valence-corrected chi connectivity index (χ2v) is 6.33. The van der Waals surface area contributed by atoms with Crippen LogP contribution < -0.4 is 15.4 Å². The number of benzene rings is 2. The van der Waals surface area contributed by atoms with E-state index in [0.717, 1.165) is 0 Å². The zero-order valence-electron chi connectivity index (χ0n) is 15.2. The van der Waals surface area contributed by atoms with Gasteiger partial charge in [0, 0.05) is 17.7 Å². The van der Waals surface area contributed by atoms with Gasteiger partial charge in [0.2, 0.25) is 0 Å². The van der Waals surface area contributed by atoms with Crippen LogP contribution in [0.3, 0.4) is 0 Å². The number of methoxy groups -OCH3 is 1. The van der Waals surface area contributed by atoms with Gasteiger partial charge in [-0.25, -0.2) is 4.79 Å². The number of hydrogen-bond donors (Lipinski definition) is 3. The van der Waals surface area contributed by atoms with E-state index in [9.17, 15) is 19.5 Å². The highest BCUT2D eigenvalue weighted by atomic mass is 16.5. The molecule has 0 unspecified atom stereocenters. The molecule has 3 rings (SSSR count). The number of carbonyl (C=O) groups excluding carboxylic acids is 3. The Morgan fingerprint density at radius 2 is 1.82 bits per heavy atom. The molecule has 2 aromatic carbocycles. The van der Waals surface area contributed by atoms with E-state index in [-0.39, 0.29) is 6.54 Å². The summed E-state index contributed by atoms with van der Waals surface area (Å²) < 4.78 is 10.1. The number of nitrogens with one attached hydrogen (secondary N) is 2. The standard InChI is InChI=1S/C20H20N2O6/c1-27-19(25)13-6-8-14(9-7-13)22-18(24)17(23)21-12-20(26)10-11-28-16-5-3-2-4-15(16)20/h2-9,26H,10-12H2,1H3,(H,21,23)(H,22,24)/t20-/m1/s1. The van der Waals surface area contributed by atoms with Gasteiger partial charge in [0.05, 0.1) is 25.8 Å². The van der Waals surface area contributed by atoms with Crippen LogP contribution in [0, 0.1) is 0 Å². The van der Waals surface area contributed by atoms with Crippen molar-refractivity contribution in [3.05, 3.63) is 59.7 Å². The van der Waals surface area contributed by atoms with Gasteiger partial charge in [0.25, 0.3) is 0 Å². The summed E-state index contributed by atoms with van der Waals surface area (Å²) in [4.78, 5) is 35.6. The fourth-order valence-electron chi connectivity index (χ4n) is 2.93. The molecule has 0 aliphatic carbocycles. The summed E-state index contributed by atoms with van der Waals surface area (Å²) in [7, 11) is 1.27. The third-order valence-corrected chi connectivity index (χ3v) is 4.47. The maximum Gasteiger partial charge on any atom is 0.337 e. The van der Waals surface area contributed by atoms with Gasteiger partial charge >= 0.3 is 17.8 Å². The smallest absolute Gasteiger partial charge is 0.337 e. The number of fused-ring (bicyclic) bond motifs is 1. The summed E-state index contributed by atoms with van der Waals surface area (Å²) in [5, 5.41) is 15.8. The van der Waals surface area contributed by atoms with Gasteiger partial charge in [-0.2, -0.15) is 0 Å². The lowest BCUT2D eigenvalue weighted by Crippen LogP contribution is -2.46. The first-order chi connectivity index (χ1) is 13.4. The Bertz CT molecular complexity index is 896. The van der Waals surface area contributed by atoms with E-state index in [4.69, 9.17) is 4.74 Å². The third-order valence-electron chi connectivity index (χ3n) is 4.47. The number of esters is 1. The quantitative estimate of drug-likeness (QED) is 0.539. The van der Waals surface area contributed by atoms with Crippen molar-refractivity contribution in [3.8, 4) is 5.75 Å². The van der Waals surface area contributed by atoms with Crippen molar-refractivity contribution in [2.75, 3.05) is 25.6 Å². The topological polar surface area (TPSA) is 114 Å². The lowest BCUT2D eigenvalue weighted by molar-refractivity contribution is -0.137.